The van der Waals surface area contributed by atoms with Gasteiger partial charge in [0.25, 0.3) is 5.91 Å². The minimum Gasteiger partial charge on any atom is -0.490 e. The van der Waals surface area contributed by atoms with Crippen molar-refractivity contribution >= 4 is 23.2 Å². The standard InChI is InChI=1S/C26H26ClFN2O2/c1-18-16-30(17-19-6-3-2-4-7-19)13-12-25(18)32-22-9-5-8-21(15-22)29-26(31)23-11-10-20(28)14-24(23)27/h2-11,14-15,18,25H,12-13,16-17H2,1H3,(H,29,31)/t18-,25+/m1/s1. The zero-order chi connectivity index (χ0) is 22.5. The minimum absolute atomic E-state index is 0.0750. The summed E-state index contributed by atoms with van der Waals surface area (Å²) in [6.45, 7) is 5.11. The van der Waals surface area contributed by atoms with Crippen LogP contribution in [0.25, 0.3) is 0 Å². The fourth-order valence-electron chi connectivity index (χ4n) is 4.06. The van der Waals surface area contributed by atoms with E-state index in [0.29, 0.717) is 17.4 Å². The molecule has 0 saturated carbocycles. The van der Waals surface area contributed by atoms with Gasteiger partial charge < -0.3 is 10.1 Å². The number of benzene rings is 3. The van der Waals surface area contributed by atoms with Crippen LogP contribution in [0.15, 0.2) is 72.8 Å². The van der Waals surface area contributed by atoms with Crippen LogP contribution in [-0.4, -0.2) is 30.0 Å². The molecule has 3 aromatic carbocycles. The molecular weight excluding hydrogens is 427 g/mol. The Morgan fingerprint density at radius 3 is 2.69 bits per heavy atom. The second-order valence-corrected chi connectivity index (χ2v) is 8.66. The maximum Gasteiger partial charge on any atom is 0.257 e. The van der Waals surface area contributed by atoms with E-state index in [1.165, 1.54) is 17.7 Å². The van der Waals surface area contributed by atoms with E-state index < -0.39 is 11.7 Å². The number of nitrogens with one attached hydrogen (secondary N) is 1. The number of hydrogen-bond acceptors (Lipinski definition) is 3. The normalized spacial score (nSPS) is 18.8. The van der Waals surface area contributed by atoms with Gasteiger partial charge in [-0.05, 0) is 42.3 Å². The van der Waals surface area contributed by atoms with E-state index >= 15 is 0 Å². The first kappa shape index (κ1) is 22.3. The highest BCUT2D eigenvalue weighted by molar-refractivity contribution is 6.34. The van der Waals surface area contributed by atoms with Crippen LogP contribution in [0.1, 0.15) is 29.3 Å². The Hall–Kier alpha value is -2.89. The molecule has 1 fully saturated rings. The summed E-state index contributed by atoms with van der Waals surface area (Å²) in [5.41, 5.74) is 2.14. The van der Waals surface area contributed by atoms with Gasteiger partial charge in [0.15, 0.2) is 0 Å². The Morgan fingerprint density at radius 1 is 1.12 bits per heavy atom. The average molecular weight is 453 g/mol. The van der Waals surface area contributed by atoms with Crippen molar-refractivity contribution in [1.82, 2.24) is 4.90 Å². The second kappa shape index (κ2) is 10.2. The lowest BCUT2D eigenvalue weighted by Crippen LogP contribution is -2.43. The quantitative estimate of drug-likeness (QED) is 0.497. The van der Waals surface area contributed by atoms with Gasteiger partial charge in [-0.3, -0.25) is 9.69 Å². The van der Waals surface area contributed by atoms with Gasteiger partial charge in [0.2, 0.25) is 0 Å². The zero-order valence-electron chi connectivity index (χ0n) is 17.9. The molecule has 1 N–H and O–H groups in total. The molecule has 0 spiro atoms. The lowest BCUT2D eigenvalue weighted by Gasteiger charge is -2.37. The van der Waals surface area contributed by atoms with Gasteiger partial charge in [0.1, 0.15) is 17.7 Å². The molecule has 0 unspecified atom stereocenters. The Morgan fingerprint density at radius 2 is 1.94 bits per heavy atom. The van der Waals surface area contributed by atoms with Crippen LogP contribution in [-0.2, 0) is 6.54 Å². The number of anilines is 1. The van der Waals surface area contributed by atoms with Gasteiger partial charge in [-0.15, -0.1) is 0 Å². The van der Waals surface area contributed by atoms with Crippen molar-refractivity contribution in [3.63, 3.8) is 0 Å². The molecular formula is C26H26ClFN2O2. The Bertz CT molecular complexity index is 1080. The van der Waals surface area contributed by atoms with Crippen molar-refractivity contribution in [3.8, 4) is 5.75 Å². The maximum atomic E-state index is 13.2. The fourth-order valence-corrected chi connectivity index (χ4v) is 4.32. The zero-order valence-corrected chi connectivity index (χ0v) is 18.7. The van der Waals surface area contributed by atoms with E-state index in [2.05, 4.69) is 41.4 Å². The number of carbonyl (C=O) groups is 1. The molecule has 4 rings (SSSR count). The maximum absolute atomic E-state index is 13.2. The third-order valence-electron chi connectivity index (χ3n) is 5.71. The molecule has 0 bridgehead atoms. The molecule has 3 aromatic rings. The van der Waals surface area contributed by atoms with Crippen molar-refractivity contribution in [2.75, 3.05) is 18.4 Å². The van der Waals surface area contributed by atoms with Crippen LogP contribution < -0.4 is 10.1 Å². The number of piperidine rings is 1. The predicted molar refractivity (Wildman–Crippen MR) is 126 cm³/mol. The summed E-state index contributed by atoms with van der Waals surface area (Å²) >= 11 is 6.00. The van der Waals surface area contributed by atoms with E-state index in [-0.39, 0.29) is 16.7 Å². The number of amides is 1. The van der Waals surface area contributed by atoms with E-state index in [0.717, 1.165) is 32.1 Å². The molecule has 2 atom stereocenters. The SMILES string of the molecule is C[C@@H]1CN(Cc2ccccc2)CC[C@@H]1Oc1cccc(NC(=O)c2ccc(F)cc2Cl)c1. The first-order valence-corrected chi connectivity index (χ1v) is 11.1. The third kappa shape index (κ3) is 5.67. The summed E-state index contributed by atoms with van der Waals surface area (Å²) < 4.78 is 19.5. The van der Waals surface area contributed by atoms with E-state index in [9.17, 15) is 9.18 Å². The Labute approximate surface area is 193 Å². The molecule has 1 amide bonds. The van der Waals surface area contributed by atoms with Crippen molar-refractivity contribution in [2.24, 2.45) is 5.92 Å². The minimum atomic E-state index is -0.481. The third-order valence-corrected chi connectivity index (χ3v) is 6.03. The fraction of sp³-hybridized carbons (Fsp3) is 0.269. The highest BCUT2D eigenvalue weighted by Crippen LogP contribution is 2.26. The molecule has 1 heterocycles. The molecule has 0 aromatic heterocycles. The highest BCUT2D eigenvalue weighted by Gasteiger charge is 2.27. The molecule has 0 radical (unpaired) electrons. The molecule has 1 aliphatic rings. The summed E-state index contributed by atoms with van der Waals surface area (Å²) in [4.78, 5) is 15.0. The summed E-state index contributed by atoms with van der Waals surface area (Å²) in [6.07, 6.45) is 1.05. The van der Waals surface area contributed by atoms with Crippen LogP contribution in [0.2, 0.25) is 5.02 Å². The van der Waals surface area contributed by atoms with Crippen LogP contribution in [0.3, 0.4) is 0 Å². The largest absolute Gasteiger partial charge is 0.490 e. The number of nitrogens with zero attached hydrogens (tertiary/aromatic N) is 1. The summed E-state index contributed by atoms with van der Waals surface area (Å²) in [6, 6.07) is 21.5. The van der Waals surface area contributed by atoms with Crippen molar-refractivity contribution < 1.29 is 13.9 Å². The molecule has 0 aliphatic carbocycles. The highest BCUT2D eigenvalue weighted by atomic mass is 35.5. The summed E-state index contributed by atoms with van der Waals surface area (Å²) in [5.74, 6) is 0.214. The van der Waals surface area contributed by atoms with Crippen molar-refractivity contribution in [1.29, 1.82) is 0 Å². The number of hydrogen-bond donors (Lipinski definition) is 1. The molecule has 1 aliphatic heterocycles. The first-order chi connectivity index (χ1) is 15.5. The molecule has 1 saturated heterocycles. The van der Waals surface area contributed by atoms with E-state index in [1.807, 2.05) is 18.2 Å². The number of likely N-dealkylation sites (tertiary alicyclic amines) is 1. The Kier molecular flexibility index (Phi) is 7.08. The van der Waals surface area contributed by atoms with E-state index in [1.54, 1.807) is 12.1 Å². The number of carbonyl (C=O) groups excluding carboxylic acids is 1. The topological polar surface area (TPSA) is 41.6 Å². The van der Waals surface area contributed by atoms with Crippen molar-refractivity contribution in [2.45, 2.75) is 26.0 Å². The van der Waals surface area contributed by atoms with Crippen molar-refractivity contribution in [3.05, 3.63) is 94.8 Å². The van der Waals surface area contributed by atoms with E-state index in [4.69, 9.17) is 16.3 Å². The van der Waals surface area contributed by atoms with Crippen LogP contribution in [0.5, 0.6) is 5.75 Å². The van der Waals surface area contributed by atoms with Crippen LogP contribution >= 0.6 is 11.6 Å². The molecule has 6 heteroatoms. The van der Waals surface area contributed by atoms with Crippen LogP contribution in [0, 0.1) is 11.7 Å². The van der Waals surface area contributed by atoms with Crippen LogP contribution in [0.4, 0.5) is 10.1 Å². The number of ether oxygens (including phenoxy) is 1. The lowest BCUT2D eigenvalue weighted by molar-refractivity contribution is 0.0490. The van der Waals surface area contributed by atoms with Gasteiger partial charge in [-0.25, -0.2) is 4.39 Å². The smallest absolute Gasteiger partial charge is 0.257 e. The van der Waals surface area contributed by atoms with Gasteiger partial charge in [0, 0.05) is 37.3 Å². The Balaban J connectivity index is 1.35. The first-order valence-electron chi connectivity index (χ1n) is 10.8. The lowest BCUT2D eigenvalue weighted by atomic mass is 9.96. The molecule has 32 heavy (non-hydrogen) atoms. The average Bonchev–Trinajstić information content (AvgIpc) is 2.76. The number of halogens is 2. The second-order valence-electron chi connectivity index (χ2n) is 8.25. The summed E-state index contributed by atoms with van der Waals surface area (Å²) in [5, 5.41) is 2.88. The number of rotatable bonds is 6. The predicted octanol–water partition coefficient (Wildman–Crippen LogP) is 6.02. The summed E-state index contributed by atoms with van der Waals surface area (Å²) in [7, 11) is 0. The van der Waals surface area contributed by atoms with Gasteiger partial charge in [0.05, 0.1) is 10.6 Å². The van der Waals surface area contributed by atoms with Gasteiger partial charge >= 0.3 is 0 Å². The monoisotopic (exact) mass is 452 g/mol. The molecule has 166 valence electrons. The molecule has 4 nitrogen and oxygen atoms in total. The van der Waals surface area contributed by atoms with Gasteiger partial charge in [-0.2, -0.15) is 0 Å². The van der Waals surface area contributed by atoms with Gasteiger partial charge in [-0.1, -0.05) is 54.9 Å².